The number of carbonyl (C=O) groups excluding carboxylic acids is 1. The maximum absolute atomic E-state index is 11.8. The van der Waals surface area contributed by atoms with Crippen LogP contribution >= 0.6 is 0 Å². The fraction of sp³-hybridized carbons (Fsp3) is 0.786. The molecule has 1 saturated heterocycles. The van der Waals surface area contributed by atoms with Gasteiger partial charge < -0.3 is 10.2 Å². The predicted molar refractivity (Wildman–Crippen MR) is 75.3 cm³/mol. The number of hydrogen-bond acceptors (Lipinski definition) is 4. The lowest BCUT2D eigenvalue weighted by molar-refractivity contribution is 0.0936. The van der Waals surface area contributed by atoms with Gasteiger partial charge in [-0.15, -0.1) is 0 Å². The molecule has 1 aliphatic heterocycles. The maximum Gasteiger partial charge on any atom is 0.288 e. The summed E-state index contributed by atoms with van der Waals surface area (Å²) in [5.74, 6) is 0.717. The number of carbonyl (C=O) groups is 1. The van der Waals surface area contributed by atoms with E-state index in [1.807, 2.05) is 0 Å². The fourth-order valence-corrected chi connectivity index (χ4v) is 3.44. The third-order valence-corrected chi connectivity index (χ3v) is 4.59. The summed E-state index contributed by atoms with van der Waals surface area (Å²) in [5.41, 5.74) is 0. The van der Waals surface area contributed by atoms with E-state index in [0.29, 0.717) is 11.7 Å². The molecular formula is C14H23N5O. The van der Waals surface area contributed by atoms with Gasteiger partial charge in [0.05, 0.1) is 0 Å². The molecule has 6 nitrogen and oxygen atoms in total. The van der Waals surface area contributed by atoms with E-state index in [0.717, 1.165) is 19.1 Å². The molecule has 1 aromatic heterocycles. The van der Waals surface area contributed by atoms with E-state index >= 15 is 0 Å². The number of likely N-dealkylation sites (tertiary alicyclic amines) is 1. The van der Waals surface area contributed by atoms with Gasteiger partial charge in [-0.2, -0.15) is 5.10 Å². The first-order valence-corrected chi connectivity index (χ1v) is 7.70. The molecule has 110 valence electrons. The lowest BCUT2D eigenvalue weighted by Gasteiger charge is -2.31. The normalized spacial score (nSPS) is 24.9. The first-order valence-electron chi connectivity index (χ1n) is 7.70. The first kappa shape index (κ1) is 13.5. The summed E-state index contributed by atoms with van der Waals surface area (Å²) >= 11 is 0. The van der Waals surface area contributed by atoms with Gasteiger partial charge in [0.15, 0.2) is 0 Å². The van der Waals surface area contributed by atoms with Gasteiger partial charge in [-0.3, -0.25) is 9.89 Å². The monoisotopic (exact) mass is 277 g/mol. The van der Waals surface area contributed by atoms with Gasteiger partial charge >= 0.3 is 0 Å². The largest absolute Gasteiger partial charge is 0.349 e. The van der Waals surface area contributed by atoms with Crippen molar-refractivity contribution in [3.8, 4) is 0 Å². The summed E-state index contributed by atoms with van der Waals surface area (Å²) in [7, 11) is 0. The number of amides is 1. The van der Waals surface area contributed by atoms with Gasteiger partial charge in [0.2, 0.25) is 5.82 Å². The van der Waals surface area contributed by atoms with Gasteiger partial charge in [-0.25, -0.2) is 4.98 Å². The van der Waals surface area contributed by atoms with E-state index in [4.69, 9.17) is 0 Å². The highest BCUT2D eigenvalue weighted by Crippen LogP contribution is 2.27. The van der Waals surface area contributed by atoms with Crippen LogP contribution in [-0.4, -0.2) is 51.7 Å². The Hall–Kier alpha value is -1.43. The highest BCUT2D eigenvalue weighted by atomic mass is 16.2. The van der Waals surface area contributed by atoms with Gasteiger partial charge in [0.1, 0.15) is 6.33 Å². The molecule has 3 rings (SSSR count). The minimum Gasteiger partial charge on any atom is -0.349 e. The quantitative estimate of drug-likeness (QED) is 0.867. The molecule has 1 atom stereocenters. The van der Waals surface area contributed by atoms with Crippen molar-refractivity contribution in [2.45, 2.75) is 44.6 Å². The first-order chi connectivity index (χ1) is 9.83. The molecule has 20 heavy (non-hydrogen) atoms. The van der Waals surface area contributed by atoms with Crippen LogP contribution in [0.3, 0.4) is 0 Å². The molecule has 0 aromatic carbocycles. The molecule has 0 radical (unpaired) electrons. The van der Waals surface area contributed by atoms with Crippen molar-refractivity contribution in [3.63, 3.8) is 0 Å². The van der Waals surface area contributed by atoms with Crippen molar-refractivity contribution in [3.05, 3.63) is 12.2 Å². The average Bonchev–Trinajstić information content (AvgIpc) is 3.17. The van der Waals surface area contributed by atoms with E-state index in [1.54, 1.807) is 0 Å². The zero-order valence-corrected chi connectivity index (χ0v) is 11.8. The highest BCUT2D eigenvalue weighted by Gasteiger charge is 2.29. The molecular weight excluding hydrogens is 254 g/mol. The predicted octanol–water partition coefficient (Wildman–Crippen LogP) is 1.19. The minimum absolute atomic E-state index is 0.154. The van der Waals surface area contributed by atoms with Crippen LogP contribution in [0.15, 0.2) is 6.33 Å². The van der Waals surface area contributed by atoms with Crippen molar-refractivity contribution in [1.29, 1.82) is 0 Å². The number of rotatable bonds is 4. The van der Waals surface area contributed by atoms with Crippen molar-refractivity contribution in [1.82, 2.24) is 25.4 Å². The average molecular weight is 277 g/mol. The molecule has 1 aliphatic carbocycles. The van der Waals surface area contributed by atoms with Crippen LogP contribution in [0.25, 0.3) is 0 Å². The molecule has 2 aliphatic rings. The lowest BCUT2D eigenvalue weighted by atomic mass is 9.94. The van der Waals surface area contributed by atoms with Crippen molar-refractivity contribution in [2.24, 2.45) is 5.92 Å². The molecule has 1 unspecified atom stereocenters. The Morgan fingerprint density at radius 2 is 2.20 bits per heavy atom. The smallest absolute Gasteiger partial charge is 0.288 e. The topological polar surface area (TPSA) is 73.9 Å². The second kappa shape index (κ2) is 6.35. The summed E-state index contributed by atoms with van der Waals surface area (Å²) in [4.78, 5) is 18.3. The molecule has 1 amide bonds. The van der Waals surface area contributed by atoms with Crippen LogP contribution in [0, 0.1) is 5.92 Å². The molecule has 2 heterocycles. The summed E-state index contributed by atoms with van der Waals surface area (Å²) < 4.78 is 0. The second-order valence-electron chi connectivity index (χ2n) is 5.99. The maximum atomic E-state index is 11.8. The molecule has 0 bridgehead atoms. The molecule has 2 fully saturated rings. The summed E-state index contributed by atoms with van der Waals surface area (Å²) in [6, 6.07) is 0.790. The number of aromatic amines is 1. The van der Waals surface area contributed by atoms with E-state index in [2.05, 4.69) is 25.4 Å². The van der Waals surface area contributed by atoms with Gasteiger partial charge in [0, 0.05) is 19.1 Å². The Kier molecular flexibility index (Phi) is 4.30. The number of hydrogen-bond donors (Lipinski definition) is 2. The van der Waals surface area contributed by atoms with Gasteiger partial charge in [0.25, 0.3) is 5.91 Å². The summed E-state index contributed by atoms with van der Waals surface area (Å²) in [5, 5.41) is 9.23. The van der Waals surface area contributed by atoms with Gasteiger partial charge in [-0.05, 0) is 31.7 Å². The number of nitrogens with one attached hydrogen (secondary N) is 2. The summed E-state index contributed by atoms with van der Waals surface area (Å²) in [6.45, 7) is 3.05. The zero-order chi connectivity index (χ0) is 13.8. The number of aromatic nitrogens is 3. The standard InChI is InChI=1S/C14H23N5O/c20-14(13-16-10-17-18-13)15-8-11-6-7-19(9-11)12-4-2-1-3-5-12/h10-12H,1-9H2,(H,15,20)(H,16,17,18). The van der Waals surface area contributed by atoms with E-state index < -0.39 is 0 Å². The Labute approximate surface area is 119 Å². The third kappa shape index (κ3) is 3.17. The van der Waals surface area contributed by atoms with Crippen molar-refractivity contribution in [2.75, 3.05) is 19.6 Å². The third-order valence-electron chi connectivity index (χ3n) is 4.59. The van der Waals surface area contributed by atoms with Crippen LogP contribution < -0.4 is 5.32 Å². The van der Waals surface area contributed by atoms with E-state index in [1.165, 1.54) is 51.4 Å². The Bertz CT molecular complexity index is 427. The molecule has 1 saturated carbocycles. The number of nitrogens with zero attached hydrogens (tertiary/aromatic N) is 3. The SMILES string of the molecule is O=C(NCC1CCN(C2CCCCC2)C1)c1ncn[nH]1. The molecule has 1 aromatic rings. The van der Waals surface area contributed by atoms with Gasteiger partial charge in [-0.1, -0.05) is 19.3 Å². The number of H-pyrrole nitrogens is 1. The van der Waals surface area contributed by atoms with Crippen LogP contribution in [0.1, 0.15) is 49.1 Å². The van der Waals surface area contributed by atoms with Crippen LogP contribution in [0.2, 0.25) is 0 Å². The minimum atomic E-state index is -0.154. The van der Waals surface area contributed by atoms with Crippen LogP contribution in [0.5, 0.6) is 0 Å². The highest BCUT2D eigenvalue weighted by molar-refractivity contribution is 5.90. The Balaban J connectivity index is 1.42. The van der Waals surface area contributed by atoms with Crippen molar-refractivity contribution < 1.29 is 4.79 Å². The zero-order valence-electron chi connectivity index (χ0n) is 11.8. The van der Waals surface area contributed by atoms with Crippen LogP contribution in [-0.2, 0) is 0 Å². The molecule has 2 N–H and O–H groups in total. The lowest BCUT2D eigenvalue weighted by Crippen LogP contribution is -2.36. The molecule has 0 spiro atoms. The second-order valence-corrected chi connectivity index (χ2v) is 5.99. The van der Waals surface area contributed by atoms with E-state index in [-0.39, 0.29) is 5.91 Å². The van der Waals surface area contributed by atoms with Crippen LogP contribution in [0.4, 0.5) is 0 Å². The Morgan fingerprint density at radius 3 is 2.95 bits per heavy atom. The molecule has 6 heteroatoms. The summed E-state index contributed by atoms with van der Waals surface area (Å²) in [6.07, 6.45) is 9.43. The Morgan fingerprint density at radius 1 is 1.35 bits per heavy atom. The van der Waals surface area contributed by atoms with E-state index in [9.17, 15) is 4.79 Å². The fourth-order valence-electron chi connectivity index (χ4n) is 3.44. The van der Waals surface area contributed by atoms with Crippen molar-refractivity contribution >= 4 is 5.91 Å².